The Labute approximate surface area is 176 Å². The molecule has 1 aromatic heterocycles. The fraction of sp³-hybridized carbons (Fsp3) is 0.250. The van der Waals surface area contributed by atoms with Crippen LogP contribution in [0.5, 0.6) is 5.75 Å². The van der Waals surface area contributed by atoms with E-state index in [1.54, 1.807) is 36.4 Å². The van der Waals surface area contributed by atoms with Gasteiger partial charge >= 0.3 is 0 Å². The van der Waals surface area contributed by atoms with Crippen molar-refractivity contribution in [3.05, 3.63) is 77.7 Å². The van der Waals surface area contributed by atoms with Crippen LogP contribution in [0.1, 0.15) is 49.6 Å². The van der Waals surface area contributed by atoms with Crippen LogP contribution in [-0.4, -0.2) is 11.8 Å². The lowest BCUT2D eigenvalue weighted by Crippen LogP contribution is -2.11. The monoisotopic (exact) mass is 406 g/mol. The molecule has 0 aliphatic rings. The van der Waals surface area contributed by atoms with E-state index in [0.717, 1.165) is 5.75 Å². The number of benzene rings is 2. The lowest BCUT2D eigenvalue weighted by atomic mass is 9.87. The van der Waals surface area contributed by atoms with Crippen LogP contribution in [0, 0.1) is 0 Å². The van der Waals surface area contributed by atoms with Gasteiger partial charge in [0.2, 0.25) is 5.91 Å². The van der Waals surface area contributed by atoms with Crippen molar-refractivity contribution in [3.63, 3.8) is 0 Å². The maximum Gasteiger partial charge on any atom is 0.291 e. The molecule has 2 amide bonds. The molecule has 6 heteroatoms. The number of ether oxygens (including phenoxy) is 1. The van der Waals surface area contributed by atoms with Gasteiger partial charge in [0.25, 0.3) is 5.91 Å². The summed E-state index contributed by atoms with van der Waals surface area (Å²) in [5.41, 5.74) is 2.58. The summed E-state index contributed by atoms with van der Waals surface area (Å²) < 4.78 is 11.4. The highest BCUT2D eigenvalue weighted by Gasteiger charge is 2.14. The molecule has 1 heterocycles. The van der Waals surface area contributed by atoms with E-state index in [1.165, 1.54) is 12.5 Å². The first-order valence-corrected chi connectivity index (χ1v) is 9.72. The van der Waals surface area contributed by atoms with E-state index < -0.39 is 0 Å². The second-order valence-electron chi connectivity index (χ2n) is 8.04. The SMILES string of the molecule is CC(=O)Nc1ccc(NC(=O)c2ccc(COc3ccc(C(C)(C)C)cc3)o2)cc1. The lowest BCUT2D eigenvalue weighted by Gasteiger charge is -2.19. The van der Waals surface area contributed by atoms with Gasteiger partial charge in [-0.05, 0) is 59.5 Å². The minimum Gasteiger partial charge on any atom is -0.486 e. The molecule has 30 heavy (non-hydrogen) atoms. The van der Waals surface area contributed by atoms with Gasteiger partial charge in [-0.25, -0.2) is 0 Å². The molecule has 3 aromatic rings. The highest BCUT2D eigenvalue weighted by molar-refractivity contribution is 6.02. The van der Waals surface area contributed by atoms with Crippen molar-refractivity contribution < 1.29 is 18.7 Å². The molecule has 0 spiro atoms. The molecule has 0 saturated heterocycles. The summed E-state index contributed by atoms with van der Waals surface area (Å²) in [6.07, 6.45) is 0. The number of rotatable bonds is 6. The van der Waals surface area contributed by atoms with Gasteiger partial charge in [-0.2, -0.15) is 0 Å². The predicted molar refractivity (Wildman–Crippen MR) is 117 cm³/mol. The number of furan rings is 1. The van der Waals surface area contributed by atoms with Gasteiger partial charge in [0.1, 0.15) is 18.1 Å². The number of carbonyl (C=O) groups excluding carboxylic acids is 2. The summed E-state index contributed by atoms with van der Waals surface area (Å²) in [7, 11) is 0. The second kappa shape index (κ2) is 8.86. The Morgan fingerprint density at radius 3 is 2.03 bits per heavy atom. The molecule has 3 rings (SSSR count). The van der Waals surface area contributed by atoms with Crippen LogP contribution in [0.25, 0.3) is 0 Å². The summed E-state index contributed by atoms with van der Waals surface area (Å²) in [5, 5.41) is 5.43. The Hall–Kier alpha value is -3.54. The molecule has 0 atom stereocenters. The standard InChI is InChI=1S/C24H26N2O4/c1-16(27)25-18-7-9-19(10-8-18)26-23(28)22-14-13-21(30-22)15-29-20-11-5-17(6-12-20)24(2,3)4/h5-14H,15H2,1-4H3,(H,25,27)(H,26,28). The Bertz CT molecular complexity index is 1010. The fourth-order valence-electron chi connectivity index (χ4n) is 2.82. The van der Waals surface area contributed by atoms with Crippen molar-refractivity contribution in [3.8, 4) is 5.75 Å². The Kier molecular flexibility index (Phi) is 6.26. The first-order chi connectivity index (χ1) is 14.2. The van der Waals surface area contributed by atoms with E-state index in [4.69, 9.17) is 9.15 Å². The topological polar surface area (TPSA) is 80.6 Å². The van der Waals surface area contributed by atoms with E-state index in [-0.39, 0.29) is 29.6 Å². The first-order valence-electron chi connectivity index (χ1n) is 9.72. The van der Waals surface area contributed by atoms with Crippen molar-refractivity contribution in [2.24, 2.45) is 0 Å². The lowest BCUT2D eigenvalue weighted by molar-refractivity contribution is -0.114. The minimum absolute atomic E-state index is 0.0893. The molecule has 0 aliphatic carbocycles. The predicted octanol–water partition coefficient (Wildman–Crippen LogP) is 5.37. The second-order valence-corrected chi connectivity index (χ2v) is 8.04. The molecule has 6 nitrogen and oxygen atoms in total. The van der Waals surface area contributed by atoms with Gasteiger partial charge in [0.15, 0.2) is 5.76 Å². The zero-order chi connectivity index (χ0) is 21.7. The van der Waals surface area contributed by atoms with Gasteiger partial charge < -0.3 is 19.8 Å². The van der Waals surface area contributed by atoms with Crippen molar-refractivity contribution in [2.75, 3.05) is 10.6 Å². The van der Waals surface area contributed by atoms with Crippen LogP contribution in [0.3, 0.4) is 0 Å². The Balaban J connectivity index is 1.55. The van der Waals surface area contributed by atoms with Crippen LogP contribution >= 0.6 is 0 Å². The molecule has 0 saturated carbocycles. The van der Waals surface area contributed by atoms with E-state index >= 15 is 0 Å². The number of amides is 2. The molecule has 0 radical (unpaired) electrons. The number of anilines is 2. The number of hydrogen-bond donors (Lipinski definition) is 2. The zero-order valence-electron chi connectivity index (χ0n) is 17.6. The average Bonchev–Trinajstić information content (AvgIpc) is 3.16. The van der Waals surface area contributed by atoms with Gasteiger partial charge in [0.05, 0.1) is 0 Å². The third kappa shape index (κ3) is 5.73. The minimum atomic E-state index is -0.358. The van der Waals surface area contributed by atoms with Crippen molar-refractivity contribution in [2.45, 2.75) is 39.7 Å². The molecular weight excluding hydrogens is 380 g/mol. The number of carbonyl (C=O) groups is 2. The van der Waals surface area contributed by atoms with Crippen LogP contribution in [-0.2, 0) is 16.8 Å². The quantitative estimate of drug-likeness (QED) is 0.577. The largest absolute Gasteiger partial charge is 0.486 e. The van der Waals surface area contributed by atoms with E-state index in [9.17, 15) is 9.59 Å². The maximum absolute atomic E-state index is 12.4. The highest BCUT2D eigenvalue weighted by atomic mass is 16.5. The van der Waals surface area contributed by atoms with E-state index in [0.29, 0.717) is 17.1 Å². The first kappa shape index (κ1) is 21.2. The fourth-order valence-corrected chi connectivity index (χ4v) is 2.82. The van der Waals surface area contributed by atoms with Crippen molar-refractivity contribution >= 4 is 23.2 Å². The summed E-state index contributed by atoms with van der Waals surface area (Å²) in [6, 6.07) is 18.1. The van der Waals surface area contributed by atoms with Crippen molar-refractivity contribution in [1.29, 1.82) is 0 Å². The zero-order valence-corrected chi connectivity index (χ0v) is 17.6. The molecular formula is C24H26N2O4. The van der Waals surface area contributed by atoms with Crippen LogP contribution in [0.2, 0.25) is 0 Å². The summed E-state index contributed by atoms with van der Waals surface area (Å²) in [4.78, 5) is 23.4. The highest BCUT2D eigenvalue weighted by Crippen LogP contribution is 2.25. The van der Waals surface area contributed by atoms with Gasteiger partial charge in [-0.3, -0.25) is 9.59 Å². The summed E-state index contributed by atoms with van der Waals surface area (Å²) >= 11 is 0. The van der Waals surface area contributed by atoms with Crippen LogP contribution in [0.15, 0.2) is 65.1 Å². The summed E-state index contributed by atoms with van der Waals surface area (Å²) in [5.74, 6) is 0.985. The third-order valence-electron chi connectivity index (χ3n) is 4.45. The molecule has 0 aliphatic heterocycles. The van der Waals surface area contributed by atoms with Crippen molar-refractivity contribution in [1.82, 2.24) is 0 Å². The molecule has 156 valence electrons. The van der Waals surface area contributed by atoms with Crippen LogP contribution < -0.4 is 15.4 Å². The molecule has 0 unspecified atom stereocenters. The molecule has 2 aromatic carbocycles. The maximum atomic E-state index is 12.4. The Morgan fingerprint density at radius 1 is 0.867 bits per heavy atom. The van der Waals surface area contributed by atoms with E-state index in [1.807, 2.05) is 24.3 Å². The normalized spacial score (nSPS) is 11.1. The number of hydrogen-bond acceptors (Lipinski definition) is 4. The smallest absolute Gasteiger partial charge is 0.291 e. The van der Waals surface area contributed by atoms with Gasteiger partial charge in [-0.1, -0.05) is 32.9 Å². The van der Waals surface area contributed by atoms with Crippen LogP contribution in [0.4, 0.5) is 11.4 Å². The Morgan fingerprint density at radius 2 is 1.47 bits per heavy atom. The third-order valence-corrected chi connectivity index (χ3v) is 4.45. The average molecular weight is 406 g/mol. The molecule has 0 fully saturated rings. The molecule has 0 bridgehead atoms. The van der Waals surface area contributed by atoms with E-state index in [2.05, 4.69) is 31.4 Å². The van der Waals surface area contributed by atoms with Gasteiger partial charge in [-0.15, -0.1) is 0 Å². The summed E-state index contributed by atoms with van der Waals surface area (Å²) in [6.45, 7) is 8.16. The number of nitrogens with one attached hydrogen (secondary N) is 2. The van der Waals surface area contributed by atoms with Gasteiger partial charge in [0, 0.05) is 18.3 Å². The molecule has 2 N–H and O–H groups in total.